The van der Waals surface area contributed by atoms with Gasteiger partial charge in [-0.15, -0.1) is 0 Å². The lowest BCUT2D eigenvalue weighted by Gasteiger charge is -2.12. The van der Waals surface area contributed by atoms with Crippen LogP contribution >= 0.6 is 0 Å². The quantitative estimate of drug-likeness (QED) is 0.783. The average molecular weight is 236 g/mol. The molecule has 1 aromatic rings. The Bertz CT molecular complexity index is 547. The molecule has 16 heavy (non-hydrogen) atoms. The smallest absolute Gasteiger partial charge is 0.191 e. The molecule has 2 aliphatic carbocycles. The minimum atomic E-state index is -3.46. The maximum Gasteiger partial charge on any atom is 0.191 e. The van der Waals surface area contributed by atoms with E-state index in [-0.39, 0.29) is 16.6 Å². The van der Waals surface area contributed by atoms with E-state index >= 15 is 0 Å². The summed E-state index contributed by atoms with van der Waals surface area (Å²) in [5.41, 5.74) is 0. The zero-order valence-electron chi connectivity index (χ0n) is 8.72. The predicted octanol–water partition coefficient (Wildman–Crippen LogP) is 1.58. The minimum absolute atomic E-state index is 0.0743. The van der Waals surface area contributed by atoms with E-state index in [0.717, 1.165) is 6.42 Å². The van der Waals surface area contributed by atoms with Crippen molar-refractivity contribution >= 4 is 15.6 Å². The molecule has 3 nitrogen and oxygen atoms in total. The maximum absolute atomic E-state index is 12.4. The van der Waals surface area contributed by atoms with Gasteiger partial charge >= 0.3 is 0 Å². The van der Waals surface area contributed by atoms with E-state index in [9.17, 15) is 13.2 Å². The van der Waals surface area contributed by atoms with Crippen LogP contribution in [0.1, 0.15) is 19.3 Å². The van der Waals surface area contributed by atoms with Gasteiger partial charge in [-0.05, 0) is 30.9 Å². The number of fused-ring (bicyclic) bond motifs is 1. The lowest BCUT2D eigenvalue weighted by atomic mass is 10.2. The Hall–Kier alpha value is -1.16. The maximum atomic E-state index is 12.4. The average Bonchev–Trinajstić information content (AvgIpc) is 2.96. The molecule has 2 fully saturated rings. The first kappa shape index (κ1) is 10.0. The van der Waals surface area contributed by atoms with E-state index in [1.54, 1.807) is 30.3 Å². The molecular formula is C12H12O3S. The molecule has 2 atom stereocenters. The zero-order valence-corrected chi connectivity index (χ0v) is 9.53. The van der Waals surface area contributed by atoms with Gasteiger partial charge in [0.1, 0.15) is 4.75 Å². The molecule has 0 spiro atoms. The van der Waals surface area contributed by atoms with Crippen LogP contribution in [0.5, 0.6) is 0 Å². The van der Waals surface area contributed by atoms with E-state index in [4.69, 9.17) is 0 Å². The first-order valence-electron chi connectivity index (χ1n) is 5.42. The number of carbonyl (C=O) groups excluding carboxylic acids is 1. The molecule has 2 aliphatic rings. The summed E-state index contributed by atoms with van der Waals surface area (Å²) in [4.78, 5) is 12.1. The largest absolute Gasteiger partial charge is 0.298 e. The van der Waals surface area contributed by atoms with Crippen LogP contribution in [0.2, 0.25) is 0 Å². The molecule has 0 N–H and O–H groups in total. The summed E-state index contributed by atoms with van der Waals surface area (Å²) in [6, 6.07) is 8.31. The van der Waals surface area contributed by atoms with Gasteiger partial charge in [0.05, 0.1) is 4.90 Å². The monoisotopic (exact) mass is 236 g/mol. The van der Waals surface area contributed by atoms with Crippen molar-refractivity contribution in [2.45, 2.75) is 28.9 Å². The zero-order chi connectivity index (χ0) is 11.4. The topological polar surface area (TPSA) is 51.2 Å². The molecule has 0 aromatic heterocycles. The second-order valence-electron chi connectivity index (χ2n) is 4.57. The molecular weight excluding hydrogens is 224 g/mol. The third-order valence-electron chi connectivity index (χ3n) is 3.77. The Morgan fingerprint density at radius 3 is 2.38 bits per heavy atom. The summed E-state index contributed by atoms with van der Waals surface area (Å²) >= 11 is 0. The summed E-state index contributed by atoms with van der Waals surface area (Å²) in [6.45, 7) is 0. The molecule has 0 bridgehead atoms. The van der Waals surface area contributed by atoms with Crippen LogP contribution in [0.3, 0.4) is 0 Å². The molecule has 1 aromatic carbocycles. The van der Waals surface area contributed by atoms with Crippen LogP contribution < -0.4 is 0 Å². The first-order valence-corrected chi connectivity index (χ1v) is 6.90. The molecule has 2 saturated carbocycles. The van der Waals surface area contributed by atoms with Gasteiger partial charge in [0.25, 0.3) is 0 Å². The minimum Gasteiger partial charge on any atom is -0.298 e. The van der Waals surface area contributed by atoms with Gasteiger partial charge < -0.3 is 0 Å². The number of ketones is 1. The number of carbonyl (C=O) groups is 1. The molecule has 0 amide bonds. The molecule has 4 heteroatoms. The number of Topliss-reactive ketones (excluding diaryl/α,β-unsaturated/α-hetero) is 1. The highest BCUT2D eigenvalue weighted by Gasteiger charge is 2.71. The van der Waals surface area contributed by atoms with Gasteiger partial charge in [0.2, 0.25) is 0 Å². The van der Waals surface area contributed by atoms with Crippen molar-refractivity contribution in [3.8, 4) is 0 Å². The molecule has 0 aliphatic heterocycles. The van der Waals surface area contributed by atoms with Gasteiger partial charge in [-0.1, -0.05) is 18.2 Å². The fraction of sp³-hybridized carbons (Fsp3) is 0.417. The Balaban J connectivity index is 2.12. The van der Waals surface area contributed by atoms with Crippen molar-refractivity contribution in [3.05, 3.63) is 30.3 Å². The third kappa shape index (κ3) is 1.03. The van der Waals surface area contributed by atoms with Crippen molar-refractivity contribution in [3.63, 3.8) is 0 Å². The van der Waals surface area contributed by atoms with Crippen molar-refractivity contribution in [2.75, 3.05) is 0 Å². The van der Waals surface area contributed by atoms with Crippen LogP contribution in [-0.4, -0.2) is 18.9 Å². The molecule has 84 valence electrons. The summed E-state index contributed by atoms with van der Waals surface area (Å²) < 4.78 is 23.7. The SMILES string of the molecule is O=C1CC[C@@H]2C[C@]12S(=O)(=O)c1ccccc1. The van der Waals surface area contributed by atoms with Crippen molar-refractivity contribution in [2.24, 2.45) is 5.92 Å². The van der Waals surface area contributed by atoms with Crippen molar-refractivity contribution < 1.29 is 13.2 Å². The number of benzene rings is 1. The highest BCUT2D eigenvalue weighted by Crippen LogP contribution is 2.60. The number of sulfone groups is 1. The van der Waals surface area contributed by atoms with Crippen molar-refractivity contribution in [1.82, 2.24) is 0 Å². The summed E-state index contributed by atoms with van der Waals surface area (Å²) in [5, 5.41) is 0. The van der Waals surface area contributed by atoms with Gasteiger partial charge in [0, 0.05) is 6.42 Å². The fourth-order valence-electron chi connectivity index (χ4n) is 2.79. The van der Waals surface area contributed by atoms with E-state index in [2.05, 4.69) is 0 Å². The summed E-state index contributed by atoms with van der Waals surface area (Å²) in [7, 11) is -3.46. The lowest BCUT2D eigenvalue weighted by Crippen LogP contribution is -2.31. The molecule has 0 unspecified atom stereocenters. The lowest BCUT2D eigenvalue weighted by molar-refractivity contribution is -0.118. The Kier molecular flexibility index (Phi) is 1.84. The standard InChI is InChI=1S/C12H12O3S/c13-11-7-6-9-8-12(9,11)16(14,15)10-4-2-1-3-5-10/h1-5,9H,6-8H2/t9-,12-/m1/s1. The predicted molar refractivity (Wildman–Crippen MR) is 58.7 cm³/mol. The van der Waals surface area contributed by atoms with E-state index < -0.39 is 14.6 Å². The second-order valence-corrected chi connectivity index (χ2v) is 6.78. The Morgan fingerprint density at radius 2 is 1.88 bits per heavy atom. The van der Waals surface area contributed by atoms with Crippen LogP contribution in [0, 0.1) is 5.92 Å². The highest BCUT2D eigenvalue weighted by atomic mass is 32.2. The van der Waals surface area contributed by atoms with Gasteiger partial charge in [0.15, 0.2) is 15.6 Å². The first-order chi connectivity index (χ1) is 7.59. The van der Waals surface area contributed by atoms with Gasteiger partial charge in [-0.2, -0.15) is 0 Å². The van der Waals surface area contributed by atoms with Crippen LogP contribution in [0.4, 0.5) is 0 Å². The van der Waals surface area contributed by atoms with E-state index in [0.29, 0.717) is 12.8 Å². The van der Waals surface area contributed by atoms with Gasteiger partial charge in [-0.25, -0.2) is 8.42 Å². The number of hydrogen-bond donors (Lipinski definition) is 0. The number of rotatable bonds is 2. The van der Waals surface area contributed by atoms with E-state index in [1.165, 1.54) is 0 Å². The third-order valence-corrected chi connectivity index (χ3v) is 6.35. The van der Waals surface area contributed by atoms with Crippen molar-refractivity contribution in [1.29, 1.82) is 0 Å². The second kappa shape index (κ2) is 2.94. The van der Waals surface area contributed by atoms with Gasteiger partial charge in [-0.3, -0.25) is 4.79 Å². The molecule has 0 radical (unpaired) electrons. The van der Waals surface area contributed by atoms with Crippen LogP contribution in [-0.2, 0) is 14.6 Å². The molecule has 0 saturated heterocycles. The molecule has 3 rings (SSSR count). The van der Waals surface area contributed by atoms with E-state index in [1.807, 2.05) is 0 Å². The fourth-order valence-corrected chi connectivity index (χ4v) is 5.10. The highest BCUT2D eigenvalue weighted by molar-refractivity contribution is 7.94. The van der Waals surface area contributed by atoms with Crippen LogP contribution in [0.15, 0.2) is 35.2 Å². The Morgan fingerprint density at radius 1 is 1.19 bits per heavy atom. The summed E-state index contributed by atoms with van der Waals surface area (Å²) in [6.07, 6.45) is 1.70. The Labute approximate surface area is 94.4 Å². The molecule has 0 heterocycles. The number of hydrogen-bond acceptors (Lipinski definition) is 3. The summed E-state index contributed by atoms with van der Waals surface area (Å²) in [5.74, 6) is -0.00782. The van der Waals surface area contributed by atoms with Crippen LogP contribution in [0.25, 0.3) is 0 Å². The normalized spacial score (nSPS) is 32.5.